The maximum atomic E-state index is 6.18. The summed E-state index contributed by atoms with van der Waals surface area (Å²) in [6.45, 7) is 3.70. The molecule has 0 aromatic rings. The summed E-state index contributed by atoms with van der Waals surface area (Å²) in [5, 5.41) is 0.369. The van der Waals surface area contributed by atoms with Crippen molar-refractivity contribution in [3.63, 3.8) is 0 Å². The molecule has 1 atom stereocenters. The molecule has 0 saturated heterocycles. The summed E-state index contributed by atoms with van der Waals surface area (Å²) in [6, 6.07) is 0. The Bertz CT molecular complexity index is 104. The van der Waals surface area contributed by atoms with Crippen molar-refractivity contribution in [3.8, 4) is 0 Å². The Labute approximate surface area is 76.4 Å². The van der Waals surface area contributed by atoms with Gasteiger partial charge in [-0.1, -0.05) is 12.8 Å². The van der Waals surface area contributed by atoms with Gasteiger partial charge in [-0.15, -0.1) is 11.6 Å². The third kappa shape index (κ3) is 3.14. The van der Waals surface area contributed by atoms with Gasteiger partial charge in [0.15, 0.2) is 9.76 Å². The maximum Gasteiger partial charge on any atom is 0.180 e. The second kappa shape index (κ2) is 5.17. The molecule has 0 bridgehead atoms. The van der Waals surface area contributed by atoms with E-state index in [1.165, 1.54) is 25.7 Å². The Morgan fingerprint density at radius 1 is 1.55 bits per heavy atom. The van der Waals surface area contributed by atoms with Gasteiger partial charge >= 0.3 is 0 Å². The molecule has 0 aromatic carbocycles. The molecule has 65 valence electrons. The van der Waals surface area contributed by atoms with Gasteiger partial charge in [0.2, 0.25) is 0 Å². The minimum absolute atomic E-state index is 0.369. The average molecular weight is 192 g/mol. The van der Waals surface area contributed by atoms with E-state index < -0.39 is 9.76 Å². The predicted octanol–water partition coefficient (Wildman–Crippen LogP) is 2.02. The van der Waals surface area contributed by atoms with Crippen LogP contribution in [0, 0.1) is 12.5 Å². The van der Waals surface area contributed by atoms with Gasteiger partial charge in [0.25, 0.3) is 0 Å². The van der Waals surface area contributed by atoms with E-state index in [0.717, 1.165) is 5.92 Å². The lowest BCUT2D eigenvalue weighted by molar-refractivity contribution is 0.425. The third-order valence-electron chi connectivity index (χ3n) is 2.33. The predicted molar refractivity (Wildman–Crippen MR) is 51.2 cm³/mol. The summed E-state index contributed by atoms with van der Waals surface area (Å²) < 4.78 is 5.29. The van der Waals surface area contributed by atoms with E-state index in [1.807, 2.05) is 6.92 Å². The van der Waals surface area contributed by atoms with Gasteiger partial charge in [-0.2, -0.15) is 0 Å². The van der Waals surface area contributed by atoms with Crippen LogP contribution < -0.4 is 0 Å². The molecular weight excluding hydrogens is 176 g/mol. The van der Waals surface area contributed by atoms with E-state index >= 15 is 0 Å². The first-order valence-corrected chi connectivity index (χ1v) is 6.21. The van der Waals surface area contributed by atoms with E-state index in [0.29, 0.717) is 5.00 Å². The van der Waals surface area contributed by atoms with E-state index in [1.54, 1.807) is 6.61 Å². The molecular formula is C8H16ClOSi. The van der Waals surface area contributed by atoms with Crippen molar-refractivity contribution in [1.82, 2.24) is 0 Å². The fraction of sp³-hybridized carbons (Fsp3) is 0.875. The van der Waals surface area contributed by atoms with Gasteiger partial charge in [-0.3, -0.25) is 0 Å². The molecule has 0 spiro atoms. The van der Waals surface area contributed by atoms with Crippen LogP contribution in [0.4, 0.5) is 0 Å². The van der Waals surface area contributed by atoms with Gasteiger partial charge in [0.05, 0.1) is 11.6 Å². The van der Waals surface area contributed by atoms with Crippen LogP contribution in [0.25, 0.3) is 0 Å². The minimum Gasteiger partial charge on any atom is -0.417 e. The zero-order valence-electron chi connectivity index (χ0n) is 7.05. The highest BCUT2D eigenvalue weighted by Crippen LogP contribution is 2.29. The summed E-state index contributed by atoms with van der Waals surface area (Å²) >= 11 is 6.18. The van der Waals surface area contributed by atoms with Gasteiger partial charge < -0.3 is 4.43 Å². The fourth-order valence-electron chi connectivity index (χ4n) is 1.64. The molecule has 1 nitrogen and oxygen atoms in total. The summed E-state index contributed by atoms with van der Waals surface area (Å²) in [5.74, 6) is 0.767. The molecule has 0 aromatic heterocycles. The van der Waals surface area contributed by atoms with Crippen LogP contribution in [0.15, 0.2) is 0 Å². The van der Waals surface area contributed by atoms with E-state index in [-0.39, 0.29) is 0 Å². The number of hydrogen-bond donors (Lipinski definition) is 0. The average Bonchev–Trinajstić information content (AvgIpc) is 2.52. The number of halogens is 1. The smallest absolute Gasteiger partial charge is 0.180 e. The van der Waals surface area contributed by atoms with Crippen LogP contribution in [-0.2, 0) is 4.43 Å². The Balaban J connectivity index is 2.12. The molecule has 11 heavy (non-hydrogen) atoms. The second-order valence-electron chi connectivity index (χ2n) is 3.13. The molecule has 0 heterocycles. The number of rotatable bonds is 4. The summed E-state index contributed by atoms with van der Waals surface area (Å²) in [5.41, 5.74) is 0. The first-order chi connectivity index (χ1) is 5.34. The highest BCUT2D eigenvalue weighted by atomic mass is 35.5. The van der Waals surface area contributed by atoms with Gasteiger partial charge in [0, 0.05) is 0 Å². The minimum atomic E-state index is -0.484. The van der Waals surface area contributed by atoms with Crippen LogP contribution in [0.3, 0.4) is 0 Å². The first kappa shape index (κ1) is 9.55. The number of alkyl halides is 1. The molecule has 0 amide bonds. The molecule has 0 aliphatic heterocycles. The van der Waals surface area contributed by atoms with Crippen LogP contribution in [-0.4, -0.2) is 14.8 Å². The van der Waals surface area contributed by atoms with Crippen molar-refractivity contribution in [2.45, 2.75) is 37.6 Å². The largest absolute Gasteiger partial charge is 0.417 e. The van der Waals surface area contributed by atoms with E-state index in [2.05, 4.69) is 0 Å². The highest BCUT2D eigenvalue weighted by Gasteiger charge is 2.23. The first-order valence-electron chi connectivity index (χ1n) is 4.38. The molecule has 1 radical (unpaired) electrons. The second-order valence-corrected chi connectivity index (χ2v) is 5.75. The summed E-state index contributed by atoms with van der Waals surface area (Å²) in [6.07, 6.45) is 5.40. The van der Waals surface area contributed by atoms with Crippen LogP contribution in [0.1, 0.15) is 32.6 Å². The van der Waals surface area contributed by atoms with Crippen LogP contribution in [0.5, 0.6) is 0 Å². The van der Waals surface area contributed by atoms with Crippen LogP contribution >= 0.6 is 11.6 Å². The van der Waals surface area contributed by atoms with Crippen molar-refractivity contribution in [2.24, 2.45) is 5.92 Å². The molecule has 0 N–H and O–H groups in total. The summed E-state index contributed by atoms with van der Waals surface area (Å²) in [7, 11) is -0.484. The zero-order chi connectivity index (χ0) is 8.10. The fourth-order valence-corrected chi connectivity index (χ4v) is 3.23. The molecule has 3 heteroatoms. The van der Waals surface area contributed by atoms with E-state index in [4.69, 9.17) is 16.0 Å². The highest BCUT2D eigenvalue weighted by molar-refractivity contribution is 6.49. The van der Waals surface area contributed by atoms with Gasteiger partial charge in [-0.25, -0.2) is 0 Å². The Morgan fingerprint density at radius 3 is 2.73 bits per heavy atom. The summed E-state index contributed by atoms with van der Waals surface area (Å²) in [4.78, 5) is 0. The van der Waals surface area contributed by atoms with Crippen molar-refractivity contribution >= 4 is 21.4 Å². The van der Waals surface area contributed by atoms with Crippen molar-refractivity contribution < 1.29 is 4.43 Å². The normalized spacial score (nSPS) is 23.5. The SMILES string of the molecule is C[CH]O[SiH2]C(Cl)C1CCCC1. The molecule has 1 rings (SSSR count). The Morgan fingerprint density at radius 2 is 2.18 bits per heavy atom. The zero-order valence-corrected chi connectivity index (χ0v) is 9.22. The van der Waals surface area contributed by atoms with Crippen molar-refractivity contribution in [1.29, 1.82) is 0 Å². The quantitative estimate of drug-likeness (QED) is 0.488. The van der Waals surface area contributed by atoms with Crippen molar-refractivity contribution in [2.75, 3.05) is 0 Å². The maximum absolute atomic E-state index is 6.18. The monoisotopic (exact) mass is 191 g/mol. The Hall–Kier alpha value is 0.467. The lowest BCUT2D eigenvalue weighted by Gasteiger charge is -2.14. The van der Waals surface area contributed by atoms with Crippen LogP contribution in [0.2, 0.25) is 0 Å². The standard InChI is InChI=1S/C8H16ClOSi/c1-2-10-11-8(9)7-5-3-4-6-7/h2,7-8H,3-6,11H2,1H3. The van der Waals surface area contributed by atoms with Gasteiger partial charge in [-0.05, 0) is 25.7 Å². The van der Waals surface area contributed by atoms with Gasteiger partial charge in [0.1, 0.15) is 0 Å². The number of hydrogen-bond acceptors (Lipinski definition) is 1. The third-order valence-corrected chi connectivity index (χ3v) is 4.58. The molecule has 1 aliphatic carbocycles. The molecule has 1 aliphatic rings. The topological polar surface area (TPSA) is 9.23 Å². The molecule has 1 unspecified atom stereocenters. The molecule has 1 saturated carbocycles. The lowest BCUT2D eigenvalue weighted by Crippen LogP contribution is -2.20. The molecule has 1 fully saturated rings. The van der Waals surface area contributed by atoms with E-state index in [9.17, 15) is 0 Å². The van der Waals surface area contributed by atoms with Crippen molar-refractivity contribution in [3.05, 3.63) is 6.61 Å². The lowest BCUT2D eigenvalue weighted by atomic mass is 10.1. The Kier molecular flexibility index (Phi) is 4.49.